The minimum atomic E-state index is -0.773. The van der Waals surface area contributed by atoms with E-state index in [1.54, 1.807) is 6.20 Å². The van der Waals surface area contributed by atoms with E-state index in [0.717, 1.165) is 5.56 Å². The fourth-order valence-corrected chi connectivity index (χ4v) is 1.75. The van der Waals surface area contributed by atoms with E-state index in [1.807, 2.05) is 6.92 Å². The van der Waals surface area contributed by atoms with Crippen molar-refractivity contribution in [2.75, 3.05) is 0 Å². The van der Waals surface area contributed by atoms with Crippen LogP contribution in [0.1, 0.15) is 24.6 Å². The third-order valence-electron chi connectivity index (χ3n) is 2.43. The molecule has 0 saturated carbocycles. The Morgan fingerprint density at radius 2 is 2.40 bits per heavy atom. The van der Waals surface area contributed by atoms with Crippen LogP contribution in [0.15, 0.2) is 11.0 Å². The summed E-state index contributed by atoms with van der Waals surface area (Å²) in [5.41, 5.74) is 0.513. The molecule has 15 heavy (non-hydrogen) atoms. The van der Waals surface area contributed by atoms with E-state index in [4.69, 9.17) is 17.0 Å². The molecule has 1 fully saturated rings. The number of aliphatic hydroxyl groups excluding tert-OH is 1. The van der Waals surface area contributed by atoms with Crippen molar-refractivity contribution in [2.24, 2.45) is 0 Å². The molecule has 0 aromatic carbocycles. The Morgan fingerprint density at radius 1 is 1.67 bits per heavy atom. The van der Waals surface area contributed by atoms with Gasteiger partial charge in [0.1, 0.15) is 10.9 Å². The highest BCUT2D eigenvalue weighted by Gasteiger charge is 2.25. The maximum atomic E-state index is 11.6. The molecule has 1 unspecified atom stereocenters. The van der Waals surface area contributed by atoms with Crippen LogP contribution in [0, 0.1) is 11.6 Å². The molecule has 2 atom stereocenters. The highest BCUT2D eigenvalue weighted by atomic mass is 32.1. The smallest absolute Gasteiger partial charge is 0.328 e. The van der Waals surface area contributed by atoms with Crippen molar-refractivity contribution in [3.05, 3.63) is 26.9 Å². The number of aromatic amines is 1. The van der Waals surface area contributed by atoms with Crippen LogP contribution in [0.4, 0.5) is 0 Å². The normalized spacial score (nSPS) is 25.7. The Hall–Kier alpha value is -0.980. The largest absolute Gasteiger partial charge is 0.368 e. The van der Waals surface area contributed by atoms with Crippen LogP contribution in [-0.2, 0) is 4.74 Å². The zero-order valence-corrected chi connectivity index (χ0v) is 9.08. The predicted octanol–water partition coefficient (Wildman–Crippen LogP) is 0.842. The summed E-state index contributed by atoms with van der Waals surface area (Å²) in [4.78, 5) is 14.1. The molecule has 0 spiro atoms. The highest BCUT2D eigenvalue weighted by Crippen LogP contribution is 2.25. The molecule has 1 aliphatic rings. The monoisotopic (exact) mass is 228 g/mol. The van der Waals surface area contributed by atoms with E-state index in [1.165, 1.54) is 4.57 Å². The lowest BCUT2D eigenvalue weighted by Crippen LogP contribution is -2.27. The maximum absolute atomic E-state index is 11.6. The number of aromatic nitrogens is 2. The molecule has 1 aliphatic heterocycles. The topological polar surface area (TPSA) is 67.2 Å². The second kappa shape index (κ2) is 3.88. The van der Waals surface area contributed by atoms with Gasteiger partial charge in [-0.3, -0.25) is 9.55 Å². The molecule has 2 N–H and O–H groups in total. The summed E-state index contributed by atoms with van der Waals surface area (Å²) in [5.74, 6) is 0. The summed E-state index contributed by atoms with van der Waals surface area (Å²) in [6.45, 7) is 1.82. The Bertz CT molecular complexity index is 479. The maximum Gasteiger partial charge on any atom is 0.328 e. The Labute approximate surface area is 91.3 Å². The van der Waals surface area contributed by atoms with Gasteiger partial charge in [0.05, 0.1) is 0 Å². The molecule has 1 aromatic rings. The summed E-state index contributed by atoms with van der Waals surface area (Å²) < 4.78 is 7.06. The summed E-state index contributed by atoms with van der Waals surface area (Å²) >= 11 is 4.94. The third kappa shape index (κ3) is 2.01. The molecular weight excluding hydrogens is 216 g/mol. The van der Waals surface area contributed by atoms with Crippen molar-refractivity contribution < 1.29 is 9.84 Å². The SMILES string of the molecule is Cc1cn(C2CC[C@@H](O)O2)c(=O)[nH]c1=S. The molecule has 6 heteroatoms. The summed E-state index contributed by atoms with van der Waals surface area (Å²) in [6.07, 6.45) is 1.67. The Kier molecular flexibility index (Phi) is 2.72. The first kappa shape index (κ1) is 10.5. The van der Waals surface area contributed by atoms with E-state index in [2.05, 4.69) is 4.98 Å². The van der Waals surface area contributed by atoms with E-state index >= 15 is 0 Å². The van der Waals surface area contributed by atoms with Gasteiger partial charge in [0.2, 0.25) is 0 Å². The third-order valence-corrected chi connectivity index (χ3v) is 2.85. The fraction of sp³-hybridized carbons (Fsp3) is 0.556. The predicted molar refractivity (Wildman–Crippen MR) is 56.0 cm³/mol. The number of hydrogen-bond acceptors (Lipinski definition) is 4. The second-order valence-corrected chi connectivity index (χ2v) is 4.01. The van der Waals surface area contributed by atoms with E-state index in [9.17, 15) is 9.90 Å². The number of ether oxygens (including phenoxy) is 1. The minimum absolute atomic E-state index is 0.301. The highest BCUT2D eigenvalue weighted by molar-refractivity contribution is 7.71. The van der Waals surface area contributed by atoms with Crippen LogP contribution in [0.3, 0.4) is 0 Å². The molecule has 0 aliphatic carbocycles. The minimum Gasteiger partial charge on any atom is -0.368 e. The van der Waals surface area contributed by atoms with Crippen molar-refractivity contribution in [1.82, 2.24) is 9.55 Å². The lowest BCUT2D eigenvalue weighted by atomic mass is 10.3. The zero-order chi connectivity index (χ0) is 11.0. The van der Waals surface area contributed by atoms with Crippen molar-refractivity contribution in [2.45, 2.75) is 32.3 Å². The molecule has 0 amide bonds. The van der Waals surface area contributed by atoms with Gasteiger partial charge >= 0.3 is 5.69 Å². The summed E-state index contributed by atoms with van der Waals surface area (Å²) in [6, 6.07) is 0. The van der Waals surface area contributed by atoms with Crippen LogP contribution in [0.25, 0.3) is 0 Å². The van der Waals surface area contributed by atoms with Crippen molar-refractivity contribution >= 4 is 12.2 Å². The van der Waals surface area contributed by atoms with Crippen molar-refractivity contribution in [3.8, 4) is 0 Å². The molecule has 82 valence electrons. The molecule has 1 aromatic heterocycles. The first-order valence-corrected chi connectivity index (χ1v) is 5.14. The summed E-state index contributed by atoms with van der Waals surface area (Å²) in [7, 11) is 0. The van der Waals surface area contributed by atoms with Gasteiger partial charge in [-0.05, 0) is 13.3 Å². The Morgan fingerprint density at radius 3 is 3.00 bits per heavy atom. The number of hydrogen-bond donors (Lipinski definition) is 2. The number of rotatable bonds is 1. The standard InChI is InChI=1S/C9H12N2O3S/c1-5-4-11(9(13)10-8(5)15)6-2-3-7(12)14-6/h4,6-7,12H,2-3H2,1H3,(H,10,13,15)/t6?,7-/m0/s1. The van der Waals surface area contributed by atoms with Gasteiger partial charge < -0.3 is 9.84 Å². The van der Waals surface area contributed by atoms with Crippen LogP contribution < -0.4 is 5.69 Å². The molecule has 0 bridgehead atoms. The molecule has 2 heterocycles. The van der Waals surface area contributed by atoms with Crippen LogP contribution in [0.2, 0.25) is 0 Å². The zero-order valence-electron chi connectivity index (χ0n) is 8.27. The van der Waals surface area contributed by atoms with Gasteiger partial charge in [-0.2, -0.15) is 0 Å². The first-order valence-electron chi connectivity index (χ1n) is 4.73. The van der Waals surface area contributed by atoms with E-state index in [0.29, 0.717) is 17.5 Å². The van der Waals surface area contributed by atoms with Gasteiger partial charge in [0, 0.05) is 18.2 Å². The molecule has 5 nitrogen and oxygen atoms in total. The number of H-pyrrole nitrogens is 1. The number of nitrogens with zero attached hydrogens (tertiary/aromatic N) is 1. The fourth-order valence-electron chi connectivity index (χ4n) is 1.61. The molecule has 1 saturated heterocycles. The van der Waals surface area contributed by atoms with Crippen LogP contribution in [0.5, 0.6) is 0 Å². The van der Waals surface area contributed by atoms with E-state index in [-0.39, 0.29) is 5.69 Å². The number of nitrogens with one attached hydrogen (secondary N) is 1. The van der Waals surface area contributed by atoms with Gasteiger partial charge in [0.25, 0.3) is 0 Å². The molecular formula is C9H12N2O3S. The van der Waals surface area contributed by atoms with Gasteiger partial charge in [0.15, 0.2) is 6.29 Å². The van der Waals surface area contributed by atoms with Crippen molar-refractivity contribution in [1.29, 1.82) is 0 Å². The number of aryl methyl sites for hydroxylation is 1. The lowest BCUT2D eigenvalue weighted by molar-refractivity contribution is -0.113. The lowest BCUT2D eigenvalue weighted by Gasteiger charge is -2.13. The average Bonchev–Trinajstić information content (AvgIpc) is 2.58. The van der Waals surface area contributed by atoms with Crippen molar-refractivity contribution in [3.63, 3.8) is 0 Å². The molecule has 2 rings (SSSR count). The van der Waals surface area contributed by atoms with Crippen LogP contribution >= 0.6 is 12.2 Å². The summed E-state index contributed by atoms with van der Waals surface area (Å²) in [5, 5.41) is 9.21. The molecule has 0 radical (unpaired) electrons. The van der Waals surface area contributed by atoms with Gasteiger partial charge in [-0.25, -0.2) is 4.79 Å². The van der Waals surface area contributed by atoms with E-state index < -0.39 is 12.5 Å². The first-order chi connectivity index (χ1) is 7.08. The second-order valence-electron chi connectivity index (χ2n) is 3.60. The number of aliphatic hydroxyl groups is 1. The Balaban J connectivity index is 2.41. The average molecular weight is 228 g/mol. The quantitative estimate of drug-likeness (QED) is 0.699. The van der Waals surface area contributed by atoms with Gasteiger partial charge in [-0.1, -0.05) is 12.2 Å². The van der Waals surface area contributed by atoms with Crippen LogP contribution in [-0.4, -0.2) is 20.9 Å². The van der Waals surface area contributed by atoms with Gasteiger partial charge in [-0.15, -0.1) is 0 Å².